The highest BCUT2D eigenvalue weighted by Crippen LogP contribution is 2.31. The van der Waals surface area contributed by atoms with Crippen molar-refractivity contribution in [2.45, 2.75) is 39.7 Å². The number of furan rings is 1. The summed E-state index contributed by atoms with van der Waals surface area (Å²) in [4.78, 5) is 34.1. The lowest BCUT2D eigenvalue weighted by molar-refractivity contribution is -0.139. The molecule has 2 aliphatic rings. The van der Waals surface area contributed by atoms with Gasteiger partial charge in [-0.1, -0.05) is 49.4 Å². The maximum Gasteiger partial charge on any atom is 0.338 e. The number of hydrogen-bond acceptors (Lipinski definition) is 8. The minimum absolute atomic E-state index is 0.222. The molecule has 1 aromatic carbocycles. The van der Waals surface area contributed by atoms with Crippen LogP contribution in [-0.4, -0.2) is 43.4 Å². The topological polar surface area (TPSA) is 86.3 Å². The van der Waals surface area contributed by atoms with Gasteiger partial charge >= 0.3 is 5.97 Å². The molecule has 1 atom stereocenters. The van der Waals surface area contributed by atoms with E-state index < -0.39 is 12.0 Å². The minimum atomic E-state index is -0.626. The monoisotopic (exact) mass is 521 g/mol. The third-order valence-corrected chi connectivity index (χ3v) is 7.63. The van der Waals surface area contributed by atoms with E-state index in [1.54, 1.807) is 24.5 Å². The third-order valence-electron chi connectivity index (χ3n) is 6.64. The fourth-order valence-electron chi connectivity index (χ4n) is 4.67. The summed E-state index contributed by atoms with van der Waals surface area (Å²) in [6.07, 6.45) is 1.75. The van der Waals surface area contributed by atoms with Crippen molar-refractivity contribution in [2.24, 2.45) is 4.99 Å². The molecule has 2 aromatic heterocycles. The standard InChI is InChI=1S/C28H31N3O5S/c1-5-35-27(33)24-18(4)29-28-31(25(24)20-8-6-19(7-9-20)17(2)3)26(32)22(37-28)16-21-10-11-23(36-21)30-12-14-34-15-13-30/h6-11,16-17,25H,5,12-15H2,1-4H3. The summed E-state index contributed by atoms with van der Waals surface area (Å²) in [6, 6.07) is 11.2. The molecule has 0 amide bonds. The molecule has 1 saturated heterocycles. The van der Waals surface area contributed by atoms with Crippen LogP contribution in [0.4, 0.5) is 5.88 Å². The van der Waals surface area contributed by atoms with Gasteiger partial charge in [0.2, 0.25) is 0 Å². The first kappa shape index (κ1) is 25.2. The Bertz CT molecular complexity index is 1500. The number of aromatic nitrogens is 1. The molecule has 0 N–H and O–H groups in total. The van der Waals surface area contributed by atoms with Crippen LogP contribution in [0.3, 0.4) is 0 Å². The first-order valence-electron chi connectivity index (χ1n) is 12.6. The third kappa shape index (κ3) is 4.93. The SMILES string of the molecule is CCOC(=O)C1=C(C)N=c2sc(=Cc3ccc(N4CCOCC4)o3)c(=O)n2C1c1ccc(C(C)C)cc1. The van der Waals surface area contributed by atoms with Gasteiger partial charge < -0.3 is 18.8 Å². The van der Waals surface area contributed by atoms with E-state index in [0.717, 1.165) is 24.5 Å². The maximum atomic E-state index is 13.8. The molecule has 8 nitrogen and oxygen atoms in total. The Labute approximate surface area is 219 Å². The Morgan fingerprint density at radius 3 is 2.59 bits per heavy atom. The van der Waals surface area contributed by atoms with Gasteiger partial charge in [-0.25, -0.2) is 9.79 Å². The number of carbonyl (C=O) groups is 1. The quantitative estimate of drug-likeness (QED) is 0.463. The molecule has 1 fully saturated rings. The van der Waals surface area contributed by atoms with Crippen molar-refractivity contribution in [3.63, 3.8) is 0 Å². The molecule has 9 heteroatoms. The van der Waals surface area contributed by atoms with Crippen molar-refractivity contribution >= 4 is 29.3 Å². The van der Waals surface area contributed by atoms with Crippen molar-refractivity contribution in [1.82, 2.24) is 4.57 Å². The van der Waals surface area contributed by atoms with E-state index in [4.69, 9.17) is 13.9 Å². The highest BCUT2D eigenvalue weighted by atomic mass is 32.1. The summed E-state index contributed by atoms with van der Waals surface area (Å²) in [7, 11) is 0. The predicted molar refractivity (Wildman–Crippen MR) is 143 cm³/mol. The van der Waals surface area contributed by atoms with Crippen LogP contribution >= 0.6 is 11.3 Å². The summed E-state index contributed by atoms with van der Waals surface area (Å²) < 4.78 is 18.9. The Balaban J connectivity index is 1.60. The van der Waals surface area contributed by atoms with Gasteiger partial charge in [-0.2, -0.15) is 0 Å². The number of allylic oxidation sites excluding steroid dienone is 1. The van der Waals surface area contributed by atoms with Crippen molar-refractivity contribution in [1.29, 1.82) is 0 Å². The van der Waals surface area contributed by atoms with Gasteiger partial charge in [0.25, 0.3) is 5.56 Å². The largest absolute Gasteiger partial charge is 0.463 e. The van der Waals surface area contributed by atoms with Crippen LogP contribution < -0.4 is 19.8 Å². The second-order valence-corrected chi connectivity index (χ2v) is 10.4. The normalized spacial score (nSPS) is 18.2. The summed E-state index contributed by atoms with van der Waals surface area (Å²) in [5.74, 6) is 1.25. The Morgan fingerprint density at radius 2 is 1.92 bits per heavy atom. The fraction of sp³-hybridized carbons (Fsp3) is 0.393. The zero-order valence-electron chi connectivity index (χ0n) is 21.5. The lowest BCUT2D eigenvalue weighted by Crippen LogP contribution is -2.39. The zero-order valence-corrected chi connectivity index (χ0v) is 22.3. The molecule has 5 rings (SSSR count). The second kappa shape index (κ2) is 10.5. The zero-order chi connectivity index (χ0) is 26.1. The van der Waals surface area contributed by atoms with Crippen LogP contribution in [0, 0.1) is 0 Å². The predicted octanol–water partition coefficient (Wildman–Crippen LogP) is 3.35. The number of carbonyl (C=O) groups excluding carboxylic acids is 1. The minimum Gasteiger partial charge on any atom is -0.463 e. The molecule has 194 valence electrons. The first-order valence-corrected chi connectivity index (χ1v) is 13.4. The lowest BCUT2D eigenvalue weighted by Gasteiger charge is -2.26. The number of rotatable bonds is 6. The van der Waals surface area contributed by atoms with Crippen LogP contribution in [0.25, 0.3) is 6.08 Å². The van der Waals surface area contributed by atoms with Crippen molar-refractivity contribution in [2.75, 3.05) is 37.8 Å². The summed E-state index contributed by atoms with van der Waals surface area (Å²) in [6.45, 7) is 10.9. The van der Waals surface area contributed by atoms with Crippen molar-refractivity contribution < 1.29 is 18.7 Å². The van der Waals surface area contributed by atoms with Gasteiger partial charge in [0.05, 0.1) is 41.7 Å². The molecule has 0 radical (unpaired) electrons. The van der Waals surface area contributed by atoms with Crippen LogP contribution in [0.5, 0.6) is 0 Å². The Kier molecular flexibility index (Phi) is 7.17. The van der Waals surface area contributed by atoms with Gasteiger partial charge in [-0.15, -0.1) is 0 Å². The van der Waals surface area contributed by atoms with E-state index in [1.807, 2.05) is 36.4 Å². The average Bonchev–Trinajstić information content (AvgIpc) is 3.48. The molecule has 0 aliphatic carbocycles. The van der Waals surface area contributed by atoms with E-state index in [1.165, 1.54) is 16.9 Å². The van der Waals surface area contributed by atoms with E-state index in [2.05, 4.69) is 23.7 Å². The second-order valence-electron chi connectivity index (χ2n) is 9.40. The summed E-state index contributed by atoms with van der Waals surface area (Å²) >= 11 is 1.29. The smallest absolute Gasteiger partial charge is 0.338 e. The number of ether oxygens (including phenoxy) is 2. The van der Waals surface area contributed by atoms with E-state index >= 15 is 0 Å². The number of thiazole rings is 1. The average molecular weight is 522 g/mol. The number of fused-ring (bicyclic) bond motifs is 1. The number of anilines is 1. The van der Waals surface area contributed by atoms with E-state index in [0.29, 0.717) is 45.5 Å². The molecule has 37 heavy (non-hydrogen) atoms. The highest BCUT2D eigenvalue weighted by molar-refractivity contribution is 7.07. The highest BCUT2D eigenvalue weighted by Gasteiger charge is 2.33. The van der Waals surface area contributed by atoms with E-state index in [-0.39, 0.29) is 12.2 Å². The van der Waals surface area contributed by atoms with Crippen molar-refractivity contribution in [3.05, 3.63) is 84.2 Å². The number of benzene rings is 1. The molecule has 3 aromatic rings. The number of esters is 1. The molecule has 2 aliphatic heterocycles. The molecule has 0 bridgehead atoms. The van der Waals surface area contributed by atoms with Gasteiger partial charge in [-0.3, -0.25) is 9.36 Å². The molecular formula is C28H31N3O5S. The van der Waals surface area contributed by atoms with Gasteiger partial charge in [0, 0.05) is 25.2 Å². The maximum absolute atomic E-state index is 13.8. The molecule has 4 heterocycles. The van der Waals surface area contributed by atoms with E-state index in [9.17, 15) is 9.59 Å². The van der Waals surface area contributed by atoms with Gasteiger partial charge in [-0.05, 0) is 37.0 Å². The van der Waals surface area contributed by atoms with Crippen molar-refractivity contribution in [3.8, 4) is 0 Å². The Morgan fingerprint density at radius 1 is 1.19 bits per heavy atom. The van der Waals surface area contributed by atoms with Crippen LogP contribution in [0.1, 0.15) is 56.5 Å². The number of hydrogen-bond donors (Lipinski definition) is 0. The molecule has 0 saturated carbocycles. The Hall–Kier alpha value is -3.43. The van der Waals surface area contributed by atoms with Crippen LogP contribution in [0.2, 0.25) is 0 Å². The lowest BCUT2D eigenvalue weighted by atomic mass is 9.93. The summed E-state index contributed by atoms with van der Waals surface area (Å²) in [5, 5.41) is 0. The first-order chi connectivity index (χ1) is 17.9. The molecular weight excluding hydrogens is 490 g/mol. The van der Waals surface area contributed by atoms with Gasteiger partial charge in [0.1, 0.15) is 5.76 Å². The fourth-order valence-corrected chi connectivity index (χ4v) is 5.70. The number of morpholine rings is 1. The molecule has 0 spiro atoms. The van der Waals surface area contributed by atoms with Gasteiger partial charge in [0.15, 0.2) is 10.7 Å². The van der Waals surface area contributed by atoms with Crippen LogP contribution in [-0.2, 0) is 14.3 Å². The number of nitrogens with zero attached hydrogens (tertiary/aromatic N) is 3. The molecule has 1 unspecified atom stereocenters. The summed E-state index contributed by atoms with van der Waals surface area (Å²) in [5.41, 5.74) is 2.73. The van der Waals surface area contributed by atoms with Crippen LogP contribution in [0.15, 0.2) is 61.9 Å².